The highest BCUT2D eigenvalue weighted by Crippen LogP contribution is 2.32. The van der Waals surface area contributed by atoms with Crippen molar-refractivity contribution in [2.45, 2.75) is 38.1 Å². The van der Waals surface area contributed by atoms with Crippen LogP contribution in [0, 0.1) is 17.1 Å². The van der Waals surface area contributed by atoms with Gasteiger partial charge in [-0.15, -0.1) is 0 Å². The topological polar surface area (TPSA) is 44.9 Å². The van der Waals surface area contributed by atoms with E-state index in [0.29, 0.717) is 11.6 Å². The second kappa shape index (κ2) is 5.69. The Morgan fingerprint density at radius 1 is 1.26 bits per heavy atom. The van der Waals surface area contributed by atoms with Crippen LogP contribution in [0.1, 0.15) is 42.3 Å². The molecule has 23 heavy (non-hydrogen) atoms. The Kier molecular flexibility index (Phi) is 3.53. The molecular weight excluding hydrogens is 291 g/mol. The number of rotatable bonds is 2. The summed E-state index contributed by atoms with van der Waals surface area (Å²) in [4.78, 5) is 6.78. The predicted octanol–water partition coefficient (Wildman–Crippen LogP) is 3.22. The van der Waals surface area contributed by atoms with E-state index in [-0.39, 0.29) is 5.82 Å². The molecule has 2 aromatic rings. The van der Waals surface area contributed by atoms with Crippen molar-refractivity contribution in [3.63, 3.8) is 0 Å². The lowest BCUT2D eigenvalue weighted by atomic mass is 10.0. The Labute approximate surface area is 135 Å². The maximum Gasteiger partial charge on any atom is 0.124 e. The van der Waals surface area contributed by atoms with E-state index >= 15 is 0 Å². The third-order valence-electron chi connectivity index (χ3n) is 5.04. The summed E-state index contributed by atoms with van der Waals surface area (Å²) in [7, 11) is 0. The number of anilines is 1. The van der Waals surface area contributed by atoms with E-state index in [1.807, 2.05) is 6.33 Å². The smallest absolute Gasteiger partial charge is 0.124 e. The van der Waals surface area contributed by atoms with E-state index in [0.717, 1.165) is 38.0 Å². The van der Waals surface area contributed by atoms with Crippen LogP contribution in [0.25, 0.3) is 0 Å². The van der Waals surface area contributed by atoms with Crippen molar-refractivity contribution < 1.29 is 4.39 Å². The van der Waals surface area contributed by atoms with Gasteiger partial charge in [0.25, 0.3) is 0 Å². The first-order valence-corrected chi connectivity index (χ1v) is 8.25. The molecule has 1 saturated heterocycles. The van der Waals surface area contributed by atoms with Crippen molar-refractivity contribution in [1.29, 1.82) is 5.26 Å². The van der Waals surface area contributed by atoms with Gasteiger partial charge in [-0.1, -0.05) is 0 Å². The number of benzene rings is 1. The molecule has 1 aromatic heterocycles. The molecular formula is C18H19FN4. The van der Waals surface area contributed by atoms with Gasteiger partial charge in [0.1, 0.15) is 11.9 Å². The van der Waals surface area contributed by atoms with Crippen LogP contribution < -0.4 is 4.90 Å². The molecule has 2 aliphatic rings. The highest BCUT2D eigenvalue weighted by molar-refractivity contribution is 5.60. The van der Waals surface area contributed by atoms with Crippen LogP contribution in [0.2, 0.25) is 0 Å². The molecule has 4 rings (SSSR count). The molecule has 1 aliphatic carbocycles. The van der Waals surface area contributed by atoms with E-state index in [1.54, 1.807) is 6.07 Å². The van der Waals surface area contributed by atoms with Crippen LogP contribution in [-0.4, -0.2) is 22.6 Å². The molecule has 0 N–H and O–H groups in total. The minimum absolute atomic E-state index is 0.357. The lowest BCUT2D eigenvalue weighted by molar-refractivity contribution is 0.515. The fraction of sp³-hybridized carbons (Fsp3) is 0.444. The minimum Gasteiger partial charge on any atom is -0.368 e. The van der Waals surface area contributed by atoms with Gasteiger partial charge in [-0.05, 0) is 50.3 Å². The summed E-state index contributed by atoms with van der Waals surface area (Å²) in [5.41, 5.74) is 3.90. The van der Waals surface area contributed by atoms with Crippen molar-refractivity contribution in [3.8, 4) is 6.07 Å². The summed E-state index contributed by atoms with van der Waals surface area (Å²) in [6, 6.07) is 6.98. The molecule has 0 unspecified atom stereocenters. The molecule has 4 nitrogen and oxygen atoms in total. The summed E-state index contributed by atoms with van der Waals surface area (Å²) < 4.78 is 15.7. The third kappa shape index (κ3) is 2.48. The first-order chi connectivity index (χ1) is 11.3. The average Bonchev–Trinajstić information content (AvgIpc) is 3.21. The lowest BCUT2D eigenvalue weighted by Crippen LogP contribution is -2.22. The van der Waals surface area contributed by atoms with Gasteiger partial charge in [-0.25, -0.2) is 9.37 Å². The monoisotopic (exact) mass is 310 g/mol. The minimum atomic E-state index is -0.357. The first-order valence-electron chi connectivity index (χ1n) is 8.25. The first kappa shape index (κ1) is 14.3. The maximum atomic E-state index is 13.3. The molecule has 2 heterocycles. The number of fused-ring (bicyclic) bond motifs is 1. The van der Waals surface area contributed by atoms with Gasteiger partial charge >= 0.3 is 0 Å². The molecule has 1 aliphatic heterocycles. The average molecular weight is 310 g/mol. The van der Waals surface area contributed by atoms with Crippen LogP contribution >= 0.6 is 0 Å². The summed E-state index contributed by atoms with van der Waals surface area (Å²) >= 11 is 0. The molecule has 0 bridgehead atoms. The van der Waals surface area contributed by atoms with Gasteiger partial charge < -0.3 is 9.47 Å². The van der Waals surface area contributed by atoms with Crippen LogP contribution in [0.15, 0.2) is 24.5 Å². The molecule has 0 spiro atoms. The van der Waals surface area contributed by atoms with Crippen molar-refractivity contribution in [2.75, 3.05) is 18.0 Å². The number of nitrogens with zero attached hydrogens (tertiary/aromatic N) is 4. The van der Waals surface area contributed by atoms with Crippen molar-refractivity contribution in [1.82, 2.24) is 9.55 Å². The number of halogens is 1. The molecule has 0 radical (unpaired) electrons. The summed E-state index contributed by atoms with van der Waals surface area (Å²) in [5, 5.41) is 9.25. The Balaban J connectivity index is 1.58. The quantitative estimate of drug-likeness (QED) is 0.855. The van der Waals surface area contributed by atoms with Gasteiger partial charge in [0.2, 0.25) is 0 Å². The fourth-order valence-corrected chi connectivity index (χ4v) is 3.87. The van der Waals surface area contributed by atoms with Gasteiger partial charge in [-0.2, -0.15) is 5.26 Å². The van der Waals surface area contributed by atoms with Crippen molar-refractivity contribution in [2.24, 2.45) is 0 Å². The Hall–Kier alpha value is -2.35. The highest BCUT2D eigenvalue weighted by Gasteiger charge is 2.28. The van der Waals surface area contributed by atoms with Crippen LogP contribution in [0.5, 0.6) is 0 Å². The standard InChI is InChI=1S/C18H19FN4/c19-14-5-6-17(13(9-14)10-20)22-8-7-15(11-22)23-12-21-16-3-1-2-4-18(16)23/h5-6,9,12,15H,1-4,7-8,11H2/t15-/m0/s1. The van der Waals surface area contributed by atoms with Crippen LogP contribution in [-0.2, 0) is 12.8 Å². The molecule has 1 atom stereocenters. The largest absolute Gasteiger partial charge is 0.368 e. The van der Waals surface area contributed by atoms with Gasteiger partial charge in [0.15, 0.2) is 0 Å². The molecule has 5 heteroatoms. The van der Waals surface area contributed by atoms with Crippen LogP contribution in [0.4, 0.5) is 10.1 Å². The zero-order valence-electron chi connectivity index (χ0n) is 13.0. The number of aromatic nitrogens is 2. The Bertz CT molecular complexity index is 774. The van der Waals surface area contributed by atoms with Crippen LogP contribution in [0.3, 0.4) is 0 Å². The zero-order chi connectivity index (χ0) is 15.8. The summed E-state index contributed by atoms with van der Waals surface area (Å²) in [6.45, 7) is 1.74. The number of nitriles is 1. The summed E-state index contributed by atoms with van der Waals surface area (Å²) in [5.74, 6) is -0.357. The predicted molar refractivity (Wildman–Crippen MR) is 85.9 cm³/mol. The molecule has 1 fully saturated rings. The van der Waals surface area contributed by atoms with Gasteiger partial charge in [-0.3, -0.25) is 0 Å². The molecule has 118 valence electrons. The SMILES string of the molecule is N#Cc1cc(F)ccc1N1CC[C@H](n2cnc3c2CCCC3)C1. The van der Waals surface area contributed by atoms with Crippen molar-refractivity contribution >= 4 is 5.69 Å². The maximum absolute atomic E-state index is 13.3. The fourth-order valence-electron chi connectivity index (χ4n) is 3.87. The Morgan fingerprint density at radius 2 is 2.13 bits per heavy atom. The van der Waals surface area contributed by atoms with E-state index in [2.05, 4.69) is 20.5 Å². The van der Waals surface area contributed by atoms with E-state index in [1.165, 1.54) is 36.4 Å². The van der Waals surface area contributed by atoms with Gasteiger partial charge in [0, 0.05) is 18.8 Å². The number of aryl methyl sites for hydroxylation is 1. The normalized spacial score (nSPS) is 20.3. The van der Waals surface area contributed by atoms with E-state index in [4.69, 9.17) is 0 Å². The molecule has 0 amide bonds. The lowest BCUT2D eigenvalue weighted by Gasteiger charge is -2.22. The summed E-state index contributed by atoms with van der Waals surface area (Å²) in [6.07, 6.45) is 7.71. The van der Waals surface area contributed by atoms with E-state index < -0.39 is 0 Å². The highest BCUT2D eigenvalue weighted by atomic mass is 19.1. The van der Waals surface area contributed by atoms with Gasteiger partial charge in [0.05, 0.1) is 29.3 Å². The number of imidazole rings is 1. The second-order valence-electron chi connectivity index (χ2n) is 6.41. The molecule has 0 saturated carbocycles. The number of hydrogen-bond donors (Lipinski definition) is 0. The third-order valence-corrected chi connectivity index (χ3v) is 5.04. The Morgan fingerprint density at radius 3 is 3.00 bits per heavy atom. The number of hydrogen-bond acceptors (Lipinski definition) is 3. The van der Waals surface area contributed by atoms with E-state index in [9.17, 15) is 9.65 Å². The van der Waals surface area contributed by atoms with Crippen molar-refractivity contribution in [3.05, 3.63) is 47.3 Å². The second-order valence-corrected chi connectivity index (χ2v) is 6.41. The zero-order valence-corrected chi connectivity index (χ0v) is 13.0. The molecule has 1 aromatic carbocycles.